The Morgan fingerprint density at radius 2 is 1.80 bits per heavy atom. The van der Waals surface area contributed by atoms with Gasteiger partial charge in [-0.2, -0.15) is 0 Å². The van der Waals surface area contributed by atoms with E-state index in [2.05, 4.69) is 48.8 Å². The summed E-state index contributed by atoms with van der Waals surface area (Å²) in [4.78, 5) is 0.537. The highest BCUT2D eigenvalue weighted by Crippen LogP contribution is 2.31. The Labute approximate surface area is 101 Å². The molecule has 0 aliphatic heterocycles. The van der Waals surface area contributed by atoms with Crippen LogP contribution in [0.3, 0.4) is 0 Å². The summed E-state index contributed by atoms with van der Waals surface area (Å²) >= 11 is 3.61. The lowest BCUT2D eigenvalue weighted by molar-refractivity contribution is 0.413. The van der Waals surface area contributed by atoms with E-state index in [0.717, 1.165) is 12.2 Å². The van der Waals surface area contributed by atoms with Gasteiger partial charge >= 0.3 is 0 Å². The zero-order valence-corrected chi connectivity index (χ0v) is 11.5. The second kappa shape index (κ2) is 5.02. The maximum Gasteiger partial charge on any atom is 0.118 e. The Balaban J connectivity index is 2.85. The summed E-state index contributed by atoms with van der Waals surface area (Å²) in [6, 6.07) is 8.34. The van der Waals surface area contributed by atoms with Gasteiger partial charge in [0.15, 0.2) is 0 Å². The topological polar surface area (TPSA) is 9.23 Å². The van der Waals surface area contributed by atoms with Crippen molar-refractivity contribution in [2.24, 2.45) is 0 Å². The molecule has 1 unspecified atom stereocenters. The van der Waals surface area contributed by atoms with E-state index in [1.165, 1.54) is 5.56 Å². The van der Waals surface area contributed by atoms with Crippen LogP contribution >= 0.6 is 15.9 Å². The van der Waals surface area contributed by atoms with Crippen molar-refractivity contribution >= 4 is 15.9 Å². The standard InChI is InChI=1S/C13H19BrO/c1-10(14)9-13(2,3)11-5-7-12(15-4)8-6-11/h5-8,10H,9H2,1-4H3. The second-order valence-electron chi connectivity index (χ2n) is 4.60. The first-order valence-electron chi connectivity index (χ1n) is 5.24. The van der Waals surface area contributed by atoms with E-state index >= 15 is 0 Å². The lowest BCUT2D eigenvalue weighted by Crippen LogP contribution is -2.20. The number of benzene rings is 1. The van der Waals surface area contributed by atoms with Crippen molar-refractivity contribution in [1.82, 2.24) is 0 Å². The molecule has 0 radical (unpaired) electrons. The van der Waals surface area contributed by atoms with Crippen molar-refractivity contribution in [3.05, 3.63) is 29.8 Å². The first-order valence-corrected chi connectivity index (χ1v) is 6.16. The molecule has 0 amide bonds. The molecular formula is C13H19BrO. The maximum absolute atomic E-state index is 5.15. The molecule has 0 spiro atoms. The molecule has 0 N–H and O–H groups in total. The molecule has 0 fully saturated rings. The average molecular weight is 271 g/mol. The molecule has 2 heteroatoms. The second-order valence-corrected chi connectivity index (χ2v) is 6.16. The smallest absolute Gasteiger partial charge is 0.118 e. The monoisotopic (exact) mass is 270 g/mol. The summed E-state index contributed by atoms with van der Waals surface area (Å²) in [6.07, 6.45) is 1.12. The van der Waals surface area contributed by atoms with Gasteiger partial charge in [0.1, 0.15) is 5.75 Å². The Hall–Kier alpha value is -0.500. The van der Waals surface area contributed by atoms with Crippen LogP contribution in [0.1, 0.15) is 32.8 Å². The molecule has 1 aromatic carbocycles. The van der Waals surface area contributed by atoms with Crippen molar-refractivity contribution in [2.75, 3.05) is 7.11 Å². The molecule has 84 valence electrons. The number of ether oxygens (including phenoxy) is 1. The van der Waals surface area contributed by atoms with E-state index in [0.29, 0.717) is 4.83 Å². The summed E-state index contributed by atoms with van der Waals surface area (Å²) in [5.74, 6) is 0.918. The zero-order chi connectivity index (χ0) is 11.5. The van der Waals surface area contributed by atoms with E-state index in [-0.39, 0.29) is 5.41 Å². The summed E-state index contributed by atoms with van der Waals surface area (Å²) in [7, 11) is 1.70. The number of alkyl halides is 1. The van der Waals surface area contributed by atoms with Gasteiger partial charge in [-0.25, -0.2) is 0 Å². The number of halogens is 1. The molecule has 0 bridgehead atoms. The van der Waals surface area contributed by atoms with Crippen molar-refractivity contribution in [3.8, 4) is 5.75 Å². The first-order chi connectivity index (χ1) is 6.95. The highest BCUT2D eigenvalue weighted by atomic mass is 79.9. The van der Waals surface area contributed by atoms with Gasteiger partial charge in [-0.1, -0.05) is 48.8 Å². The maximum atomic E-state index is 5.15. The Bertz CT molecular complexity index is 301. The normalized spacial score (nSPS) is 13.7. The minimum atomic E-state index is 0.204. The molecule has 0 aliphatic carbocycles. The first kappa shape index (κ1) is 12.6. The number of hydrogen-bond acceptors (Lipinski definition) is 1. The van der Waals surface area contributed by atoms with E-state index in [4.69, 9.17) is 4.74 Å². The fraction of sp³-hybridized carbons (Fsp3) is 0.538. The van der Waals surface area contributed by atoms with Crippen molar-refractivity contribution in [1.29, 1.82) is 0 Å². The van der Waals surface area contributed by atoms with E-state index < -0.39 is 0 Å². The van der Waals surface area contributed by atoms with Crippen molar-refractivity contribution in [2.45, 2.75) is 37.4 Å². The average Bonchev–Trinajstić information content (AvgIpc) is 2.16. The highest BCUT2D eigenvalue weighted by Gasteiger charge is 2.22. The van der Waals surface area contributed by atoms with Crippen molar-refractivity contribution < 1.29 is 4.74 Å². The molecule has 1 aromatic rings. The largest absolute Gasteiger partial charge is 0.497 e. The van der Waals surface area contributed by atoms with E-state index in [1.54, 1.807) is 7.11 Å². The van der Waals surface area contributed by atoms with Crippen LogP contribution in [-0.2, 0) is 5.41 Å². The molecule has 0 heterocycles. The third-order valence-electron chi connectivity index (χ3n) is 2.66. The predicted molar refractivity (Wildman–Crippen MR) is 69.0 cm³/mol. The van der Waals surface area contributed by atoms with Gasteiger partial charge in [0.05, 0.1) is 7.11 Å². The lowest BCUT2D eigenvalue weighted by Gasteiger charge is -2.26. The van der Waals surface area contributed by atoms with Gasteiger partial charge in [0.2, 0.25) is 0 Å². The third-order valence-corrected chi connectivity index (χ3v) is 2.99. The number of hydrogen-bond donors (Lipinski definition) is 0. The minimum absolute atomic E-state index is 0.204. The fourth-order valence-electron chi connectivity index (χ4n) is 1.86. The summed E-state index contributed by atoms with van der Waals surface area (Å²) in [5.41, 5.74) is 1.56. The fourth-order valence-corrected chi connectivity index (χ4v) is 2.67. The van der Waals surface area contributed by atoms with Crippen LogP contribution in [0.5, 0.6) is 5.75 Å². The number of methoxy groups -OCH3 is 1. The highest BCUT2D eigenvalue weighted by molar-refractivity contribution is 9.09. The lowest BCUT2D eigenvalue weighted by atomic mass is 9.81. The van der Waals surface area contributed by atoms with Crippen LogP contribution in [0.2, 0.25) is 0 Å². The van der Waals surface area contributed by atoms with Gasteiger partial charge in [0.25, 0.3) is 0 Å². The molecule has 0 aliphatic rings. The molecule has 15 heavy (non-hydrogen) atoms. The van der Waals surface area contributed by atoms with Gasteiger partial charge in [-0.15, -0.1) is 0 Å². The molecule has 0 saturated carbocycles. The molecule has 0 aromatic heterocycles. The van der Waals surface area contributed by atoms with Gasteiger partial charge < -0.3 is 4.74 Å². The quantitative estimate of drug-likeness (QED) is 0.747. The predicted octanol–water partition coefficient (Wildman–Crippen LogP) is 4.15. The number of rotatable bonds is 4. The third kappa shape index (κ3) is 3.53. The summed E-state index contributed by atoms with van der Waals surface area (Å²) < 4.78 is 5.15. The van der Waals surface area contributed by atoms with Crippen LogP contribution in [0.4, 0.5) is 0 Å². The van der Waals surface area contributed by atoms with Gasteiger partial charge in [-0.3, -0.25) is 0 Å². The summed E-state index contributed by atoms with van der Waals surface area (Å²) in [6.45, 7) is 6.73. The van der Waals surface area contributed by atoms with Gasteiger partial charge in [-0.05, 0) is 29.5 Å². The molecule has 1 atom stereocenters. The van der Waals surface area contributed by atoms with Crippen LogP contribution in [-0.4, -0.2) is 11.9 Å². The minimum Gasteiger partial charge on any atom is -0.497 e. The van der Waals surface area contributed by atoms with E-state index in [9.17, 15) is 0 Å². The summed E-state index contributed by atoms with van der Waals surface area (Å²) in [5, 5.41) is 0. The van der Waals surface area contributed by atoms with Crippen LogP contribution < -0.4 is 4.74 Å². The van der Waals surface area contributed by atoms with Crippen LogP contribution in [0.15, 0.2) is 24.3 Å². The zero-order valence-electron chi connectivity index (χ0n) is 9.88. The van der Waals surface area contributed by atoms with E-state index in [1.807, 2.05) is 12.1 Å². The molecule has 1 rings (SSSR count). The SMILES string of the molecule is COc1ccc(C(C)(C)CC(C)Br)cc1. The van der Waals surface area contributed by atoms with Crippen LogP contribution in [0.25, 0.3) is 0 Å². The van der Waals surface area contributed by atoms with Gasteiger partial charge in [0, 0.05) is 4.83 Å². The molecule has 1 nitrogen and oxygen atoms in total. The van der Waals surface area contributed by atoms with Crippen molar-refractivity contribution in [3.63, 3.8) is 0 Å². The molecular weight excluding hydrogens is 252 g/mol. The Kier molecular flexibility index (Phi) is 4.21. The molecule has 0 saturated heterocycles. The van der Waals surface area contributed by atoms with Crippen LogP contribution in [0, 0.1) is 0 Å². The Morgan fingerprint density at radius 3 is 2.20 bits per heavy atom. The Morgan fingerprint density at radius 1 is 1.27 bits per heavy atom.